The van der Waals surface area contributed by atoms with E-state index < -0.39 is 17.9 Å². The molecule has 0 bridgehead atoms. The fraction of sp³-hybridized carbons (Fsp3) is 0.741. The van der Waals surface area contributed by atoms with Gasteiger partial charge in [0.1, 0.15) is 5.78 Å². The van der Waals surface area contributed by atoms with Crippen molar-refractivity contribution in [2.45, 2.75) is 99.8 Å². The van der Waals surface area contributed by atoms with Gasteiger partial charge in [-0.05, 0) is 68.8 Å². The van der Waals surface area contributed by atoms with Crippen molar-refractivity contribution in [2.24, 2.45) is 29.6 Å². The standard InChI is InChI=1S/C27H46O5/c1-8-18(2)12-19(3)13-20(4)14-21(5)15-22(6)16-24(27(31)32)17-23(7)25(28)10-9-11-26(29)30/h15-16,18-21,23H,8-14,17H2,1-7H3,(H,29,30)(H,31,32). The van der Waals surface area contributed by atoms with Crippen molar-refractivity contribution in [3.8, 4) is 0 Å². The predicted molar refractivity (Wildman–Crippen MR) is 131 cm³/mol. The normalized spacial score (nSPS) is 17.3. The van der Waals surface area contributed by atoms with Gasteiger partial charge in [0.2, 0.25) is 0 Å². The van der Waals surface area contributed by atoms with Gasteiger partial charge >= 0.3 is 11.9 Å². The molecule has 0 aliphatic carbocycles. The third-order valence-electron chi connectivity index (χ3n) is 6.19. The summed E-state index contributed by atoms with van der Waals surface area (Å²) in [6, 6.07) is 0. The van der Waals surface area contributed by atoms with Crippen LogP contribution in [0.4, 0.5) is 0 Å². The second kappa shape index (κ2) is 15.8. The molecule has 0 aromatic rings. The lowest BCUT2D eigenvalue weighted by molar-refractivity contribution is -0.137. The molecule has 0 fully saturated rings. The van der Waals surface area contributed by atoms with E-state index in [0.29, 0.717) is 17.8 Å². The largest absolute Gasteiger partial charge is 0.481 e. The van der Waals surface area contributed by atoms with E-state index in [1.807, 2.05) is 6.92 Å². The number of carboxylic acids is 2. The Morgan fingerprint density at radius 2 is 1.41 bits per heavy atom. The molecule has 0 rings (SSSR count). The molecule has 5 atom stereocenters. The highest BCUT2D eigenvalue weighted by Gasteiger charge is 2.19. The predicted octanol–water partition coefficient (Wildman–Crippen LogP) is 6.92. The van der Waals surface area contributed by atoms with Gasteiger partial charge in [0.15, 0.2) is 0 Å². The molecule has 0 spiro atoms. The van der Waals surface area contributed by atoms with Gasteiger partial charge in [-0.15, -0.1) is 0 Å². The summed E-state index contributed by atoms with van der Waals surface area (Å²) in [6.07, 6.45) is 9.13. The molecule has 0 radical (unpaired) electrons. The minimum Gasteiger partial charge on any atom is -0.481 e. The molecule has 0 aromatic carbocycles. The summed E-state index contributed by atoms with van der Waals surface area (Å²) in [5, 5.41) is 18.3. The van der Waals surface area contributed by atoms with Crippen LogP contribution in [0, 0.1) is 29.6 Å². The first-order valence-corrected chi connectivity index (χ1v) is 12.2. The lowest BCUT2D eigenvalue weighted by Gasteiger charge is -2.21. The van der Waals surface area contributed by atoms with Crippen LogP contribution in [0.15, 0.2) is 23.3 Å². The minimum absolute atomic E-state index is 0.0470. The van der Waals surface area contributed by atoms with E-state index in [-0.39, 0.29) is 37.0 Å². The molecule has 5 nitrogen and oxygen atoms in total. The number of carboxylic acid groups (broad SMARTS) is 2. The van der Waals surface area contributed by atoms with Crippen LogP contribution in [0.3, 0.4) is 0 Å². The number of Topliss-reactive ketones (excluding diaryl/α,β-unsaturated/α-hetero) is 1. The van der Waals surface area contributed by atoms with Crippen LogP contribution in [-0.4, -0.2) is 27.9 Å². The molecular formula is C27H46O5. The van der Waals surface area contributed by atoms with Crippen LogP contribution in [0.25, 0.3) is 0 Å². The number of hydrogen-bond donors (Lipinski definition) is 2. The second-order valence-electron chi connectivity index (χ2n) is 10.1. The summed E-state index contributed by atoms with van der Waals surface area (Å²) in [5.74, 6) is -0.0274. The zero-order valence-corrected chi connectivity index (χ0v) is 21.3. The van der Waals surface area contributed by atoms with E-state index in [2.05, 4.69) is 40.7 Å². The fourth-order valence-corrected chi connectivity index (χ4v) is 4.52. The Bertz CT molecular complexity index is 661. The van der Waals surface area contributed by atoms with Crippen molar-refractivity contribution in [3.63, 3.8) is 0 Å². The fourth-order valence-electron chi connectivity index (χ4n) is 4.52. The van der Waals surface area contributed by atoms with E-state index >= 15 is 0 Å². The quantitative estimate of drug-likeness (QED) is 0.185. The third-order valence-corrected chi connectivity index (χ3v) is 6.19. The summed E-state index contributed by atoms with van der Waals surface area (Å²) >= 11 is 0. The number of rotatable bonds is 17. The van der Waals surface area contributed by atoms with E-state index in [0.717, 1.165) is 17.9 Å². The van der Waals surface area contributed by atoms with E-state index in [4.69, 9.17) is 5.11 Å². The molecule has 0 aliphatic heterocycles. The molecule has 0 amide bonds. The number of ketones is 1. The molecule has 32 heavy (non-hydrogen) atoms. The van der Waals surface area contributed by atoms with Gasteiger partial charge in [0, 0.05) is 24.3 Å². The van der Waals surface area contributed by atoms with Crippen molar-refractivity contribution in [1.82, 2.24) is 0 Å². The molecular weight excluding hydrogens is 404 g/mol. The summed E-state index contributed by atoms with van der Waals surface area (Å²) in [5.41, 5.74) is 1.13. The average molecular weight is 451 g/mol. The van der Waals surface area contributed by atoms with Crippen LogP contribution in [-0.2, 0) is 14.4 Å². The molecule has 2 N–H and O–H groups in total. The van der Waals surface area contributed by atoms with Crippen molar-refractivity contribution in [1.29, 1.82) is 0 Å². The molecule has 184 valence electrons. The Balaban J connectivity index is 4.88. The van der Waals surface area contributed by atoms with Gasteiger partial charge in [0.05, 0.1) is 0 Å². The first-order chi connectivity index (χ1) is 14.8. The maximum atomic E-state index is 12.2. The van der Waals surface area contributed by atoms with Gasteiger partial charge < -0.3 is 10.2 Å². The number of carbonyl (C=O) groups excluding carboxylic acids is 1. The van der Waals surface area contributed by atoms with Crippen molar-refractivity contribution in [3.05, 3.63) is 23.3 Å². The summed E-state index contributed by atoms with van der Waals surface area (Å²) < 4.78 is 0. The van der Waals surface area contributed by atoms with E-state index in [9.17, 15) is 19.5 Å². The first kappa shape index (κ1) is 30.1. The average Bonchev–Trinajstić information content (AvgIpc) is 2.65. The van der Waals surface area contributed by atoms with E-state index in [1.54, 1.807) is 13.0 Å². The van der Waals surface area contributed by atoms with Gasteiger partial charge in [-0.1, -0.05) is 59.6 Å². The molecule has 5 heteroatoms. The molecule has 5 unspecified atom stereocenters. The van der Waals surface area contributed by atoms with Gasteiger partial charge in [-0.25, -0.2) is 4.79 Å². The summed E-state index contributed by atoms with van der Waals surface area (Å²) in [4.78, 5) is 34.5. The van der Waals surface area contributed by atoms with Gasteiger partial charge in [0.25, 0.3) is 0 Å². The second-order valence-corrected chi connectivity index (χ2v) is 10.1. The SMILES string of the molecule is CCC(C)CC(C)CC(C)CC(C)C=C(C)C=C(CC(C)C(=O)CCCC(=O)O)C(=O)O. The molecule has 0 aliphatic rings. The monoisotopic (exact) mass is 450 g/mol. The Labute approximate surface area is 195 Å². The highest BCUT2D eigenvalue weighted by molar-refractivity contribution is 5.89. The van der Waals surface area contributed by atoms with Gasteiger partial charge in [-0.2, -0.15) is 0 Å². The third kappa shape index (κ3) is 14.2. The number of carbonyl (C=O) groups is 3. The molecule has 0 saturated heterocycles. The molecule has 0 saturated carbocycles. The van der Waals surface area contributed by atoms with Crippen LogP contribution < -0.4 is 0 Å². The zero-order valence-electron chi connectivity index (χ0n) is 21.3. The number of hydrogen-bond acceptors (Lipinski definition) is 3. The zero-order chi connectivity index (χ0) is 24.8. The number of allylic oxidation sites excluding steroid dienone is 3. The van der Waals surface area contributed by atoms with Gasteiger partial charge in [-0.3, -0.25) is 9.59 Å². The van der Waals surface area contributed by atoms with Crippen LogP contribution in [0.5, 0.6) is 0 Å². The van der Waals surface area contributed by atoms with Crippen LogP contribution in [0.1, 0.15) is 99.8 Å². The summed E-state index contributed by atoms with van der Waals surface area (Å²) in [7, 11) is 0. The highest BCUT2D eigenvalue weighted by Crippen LogP contribution is 2.26. The lowest BCUT2D eigenvalue weighted by atomic mass is 9.84. The number of aliphatic carboxylic acids is 2. The summed E-state index contributed by atoms with van der Waals surface area (Å²) in [6.45, 7) is 15.0. The van der Waals surface area contributed by atoms with E-state index in [1.165, 1.54) is 19.3 Å². The Kier molecular flexibility index (Phi) is 14.9. The highest BCUT2D eigenvalue weighted by atomic mass is 16.4. The lowest BCUT2D eigenvalue weighted by Crippen LogP contribution is -2.15. The first-order valence-electron chi connectivity index (χ1n) is 12.2. The minimum atomic E-state index is -1.01. The Morgan fingerprint density at radius 3 is 1.94 bits per heavy atom. The van der Waals surface area contributed by atoms with Crippen molar-refractivity contribution >= 4 is 17.7 Å². The van der Waals surface area contributed by atoms with Crippen molar-refractivity contribution < 1.29 is 24.6 Å². The Hall–Kier alpha value is -1.91. The molecule has 0 heterocycles. The maximum absolute atomic E-state index is 12.2. The topological polar surface area (TPSA) is 91.7 Å². The van der Waals surface area contributed by atoms with Crippen LogP contribution >= 0.6 is 0 Å². The molecule has 0 aromatic heterocycles. The smallest absolute Gasteiger partial charge is 0.331 e. The maximum Gasteiger partial charge on any atom is 0.331 e. The Morgan fingerprint density at radius 1 is 0.844 bits per heavy atom. The van der Waals surface area contributed by atoms with Crippen molar-refractivity contribution in [2.75, 3.05) is 0 Å². The van der Waals surface area contributed by atoms with Crippen LogP contribution in [0.2, 0.25) is 0 Å².